The van der Waals surface area contributed by atoms with Crippen LogP contribution in [0.2, 0.25) is 0 Å². The molecule has 1 atom stereocenters. The van der Waals surface area contributed by atoms with E-state index in [4.69, 9.17) is 10.00 Å². The van der Waals surface area contributed by atoms with Crippen LogP contribution in [0.15, 0.2) is 84.9 Å². The SMILES string of the molecule is C[C@H](OC(=O)c1cccc(C#N)c1)C(=O)NC(c1ccccc1)c1ccccc1. The van der Waals surface area contributed by atoms with Gasteiger partial charge in [-0.2, -0.15) is 5.26 Å². The van der Waals surface area contributed by atoms with E-state index >= 15 is 0 Å². The number of nitrogens with one attached hydrogen (secondary N) is 1. The van der Waals surface area contributed by atoms with Gasteiger partial charge in [0.2, 0.25) is 0 Å². The normalized spacial score (nSPS) is 11.3. The van der Waals surface area contributed by atoms with Crippen LogP contribution < -0.4 is 5.32 Å². The Balaban J connectivity index is 1.74. The van der Waals surface area contributed by atoms with Gasteiger partial charge in [0.25, 0.3) is 5.91 Å². The molecule has 0 unspecified atom stereocenters. The number of nitrogens with zero attached hydrogens (tertiary/aromatic N) is 1. The third kappa shape index (κ3) is 5.08. The van der Waals surface area contributed by atoms with Crippen molar-refractivity contribution in [3.05, 3.63) is 107 Å². The van der Waals surface area contributed by atoms with Gasteiger partial charge in [-0.3, -0.25) is 4.79 Å². The molecule has 5 nitrogen and oxygen atoms in total. The van der Waals surface area contributed by atoms with E-state index < -0.39 is 18.0 Å². The number of ether oxygens (including phenoxy) is 1. The van der Waals surface area contributed by atoms with Gasteiger partial charge < -0.3 is 10.1 Å². The molecule has 0 saturated heterocycles. The van der Waals surface area contributed by atoms with Crippen LogP contribution in [-0.4, -0.2) is 18.0 Å². The minimum Gasteiger partial charge on any atom is -0.449 e. The van der Waals surface area contributed by atoms with Crippen molar-refractivity contribution in [3.8, 4) is 6.07 Å². The second-order valence-electron chi connectivity index (χ2n) is 6.50. The van der Waals surface area contributed by atoms with Crippen LogP contribution in [0, 0.1) is 11.3 Å². The first-order valence-electron chi connectivity index (χ1n) is 9.20. The Kier molecular flexibility index (Phi) is 6.39. The molecular weight excluding hydrogens is 364 g/mol. The topological polar surface area (TPSA) is 79.2 Å². The number of esters is 1. The summed E-state index contributed by atoms with van der Waals surface area (Å²) in [5.74, 6) is -1.06. The Morgan fingerprint density at radius 1 is 0.897 bits per heavy atom. The summed E-state index contributed by atoms with van der Waals surface area (Å²) in [5, 5.41) is 11.9. The van der Waals surface area contributed by atoms with E-state index in [1.54, 1.807) is 18.2 Å². The Bertz CT molecular complexity index is 987. The molecule has 0 heterocycles. The van der Waals surface area contributed by atoms with Gasteiger partial charge in [0.05, 0.1) is 23.2 Å². The maximum Gasteiger partial charge on any atom is 0.338 e. The molecule has 3 aromatic rings. The lowest BCUT2D eigenvalue weighted by molar-refractivity contribution is -0.129. The van der Waals surface area contributed by atoms with E-state index in [0.29, 0.717) is 5.56 Å². The molecule has 1 N–H and O–H groups in total. The summed E-state index contributed by atoms with van der Waals surface area (Å²) in [6.07, 6.45) is -0.997. The fraction of sp³-hybridized carbons (Fsp3) is 0.125. The predicted octanol–water partition coefficient (Wildman–Crippen LogP) is 4.01. The second kappa shape index (κ2) is 9.34. The molecule has 1 amide bonds. The Morgan fingerprint density at radius 3 is 2.03 bits per heavy atom. The molecule has 0 aromatic heterocycles. The number of nitriles is 1. The molecule has 0 aliphatic heterocycles. The molecule has 3 rings (SSSR count). The van der Waals surface area contributed by atoms with Crippen molar-refractivity contribution in [3.63, 3.8) is 0 Å². The smallest absolute Gasteiger partial charge is 0.338 e. The van der Waals surface area contributed by atoms with Crippen molar-refractivity contribution in [2.45, 2.75) is 19.1 Å². The van der Waals surface area contributed by atoms with Crippen molar-refractivity contribution in [2.24, 2.45) is 0 Å². The van der Waals surface area contributed by atoms with Gasteiger partial charge in [0.1, 0.15) is 0 Å². The largest absolute Gasteiger partial charge is 0.449 e. The van der Waals surface area contributed by atoms with Crippen LogP contribution in [-0.2, 0) is 9.53 Å². The van der Waals surface area contributed by atoms with Crippen LogP contribution in [0.3, 0.4) is 0 Å². The van der Waals surface area contributed by atoms with Crippen LogP contribution in [0.4, 0.5) is 0 Å². The lowest BCUT2D eigenvalue weighted by atomic mass is 9.98. The van der Waals surface area contributed by atoms with Crippen molar-refractivity contribution < 1.29 is 14.3 Å². The monoisotopic (exact) mass is 384 g/mol. The number of hydrogen-bond acceptors (Lipinski definition) is 4. The van der Waals surface area contributed by atoms with E-state index in [1.807, 2.05) is 66.7 Å². The second-order valence-corrected chi connectivity index (χ2v) is 6.50. The average molecular weight is 384 g/mol. The molecule has 3 aromatic carbocycles. The van der Waals surface area contributed by atoms with Crippen molar-refractivity contribution in [2.75, 3.05) is 0 Å². The number of hydrogen-bond donors (Lipinski definition) is 1. The van der Waals surface area contributed by atoms with Crippen LogP contribution >= 0.6 is 0 Å². The number of carbonyl (C=O) groups excluding carboxylic acids is 2. The van der Waals surface area contributed by atoms with Crippen molar-refractivity contribution in [1.82, 2.24) is 5.32 Å². The van der Waals surface area contributed by atoms with Crippen molar-refractivity contribution in [1.29, 1.82) is 5.26 Å². The first-order chi connectivity index (χ1) is 14.1. The quantitative estimate of drug-likeness (QED) is 0.651. The highest BCUT2D eigenvalue weighted by atomic mass is 16.5. The van der Waals surface area contributed by atoms with Crippen LogP contribution in [0.5, 0.6) is 0 Å². The van der Waals surface area contributed by atoms with Gasteiger partial charge in [-0.1, -0.05) is 66.7 Å². The van der Waals surface area contributed by atoms with Crippen LogP contribution in [0.25, 0.3) is 0 Å². The van der Waals surface area contributed by atoms with Crippen molar-refractivity contribution >= 4 is 11.9 Å². The van der Waals surface area contributed by atoms with Crippen LogP contribution in [0.1, 0.15) is 40.0 Å². The Morgan fingerprint density at radius 2 is 1.48 bits per heavy atom. The fourth-order valence-electron chi connectivity index (χ4n) is 2.91. The summed E-state index contributed by atoms with van der Waals surface area (Å²) in [6, 6.07) is 27.0. The lowest BCUT2D eigenvalue weighted by Crippen LogP contribution is -2.38. The lowest BCUT2D eigenvalue weighted by Gasteiger charge is -2.22. The van der Waals surface area contributed by atoms with Gasteiger partial charge in [-0.25, -0.2) is 4.79 Å². The first kappa shape index (κ1) is 19.8. The zero-order chi connectivity index (χ0) is 20.6. The summed E-state index contributed by atoms with van der Waals surface area (Å²) in [4.78, 5) is 25.1. The fourth-order valence-corrected chi connectivity index (χ4v) is 2.91. The van der Waals surface area contributed by atoms with Gasteiger partial charge >= 0.3 is 5.97 Å². The maximum absolute atomic E-state index is 12.7. The zero-order valence-electron chi connectivity index (χ0n) is 15.9. The number of rotatable bonds is 6. The standard InChI is InChI=1S/C24H20N2O3/c1-17(29-24(28)21-14-8-9-18(15-21)16-25)23(27)26-22(19-10-4-2-5-11-19)20-12-6-3-7-13-20/h2-15,17,22H,1H3,(H,26,27)/t17-/m0/s1. The average Bonchev–Trinajstić information content (AvgIpc) is 2.78. The molecule has 0 spiro atoms. The Labute approximate surface area is 169 Å². The van der Waals surface area contributed by atoms with E-state index in [0.717, 1.165) is 11.1 Å². The van der Waals surface area contributed by atoms with Gasteiger partial charge in [0, 0.05) is 0 Å². The molecule has 0 fully saturated rings. The minimum atomic E-state index is -0.997. The zero-order valence-corrected chi connectivity index (χ0v) is 15.9. The summed E-state index contributed by atoms with van der Waals surface area (Å²) in [5.41, 5.74) is 2.43. The molecule has 0 aliphatic carbocycles. The van der Waals surface area contributed by atoms with Gasteiger partial charge in [-0.15, -0.1) is 0 Å². The number of benzene rings is 3. The highest BCUT2D eigenvalue weighted by Crippen LogP contribution is 2.22. The highest BCUT2D eigenvalue weighted by Gasteiger charge is 2.23. The summed E-state index contributed by atoms with van der Waals surface area (Å²) >= 11 is 0. The van der Waals surface area contributed by atoms with Gasteiger partial charge in [0.15, 0.2) is 6.10 Å². The Hall–Kier alpha value is -3.91. The highest BCUT2D eigenvalue weighted by molar-refractivity contribution is 5.92. The van der Waals surface area contributed by atoms with E-state index in [-0.39, 0.29) is 11.6 Å². The third-order valence-corrected chi connectivity index (χ3v) is 4.43. The molecule has 0 bridgehead atoms. The molecule has 144 valence electrons. The summed E-state index contributed by atoms with van der Waals surface area (Å²) < 4.78 is 5.31. The molecule has 0 saturated carbocycles. The maximum atomic E-state index is 12.7. The minimum absolute atomic E-state index is 0.228. The molecule has 0 radical (unpaired) electrons. The summed E-state index contributed by atoms with van der Waals surface area (Å²) in [7, 11) is 0. The third-order valence-electron chi connectivity index (χ3n) is 4.43. The predicted molar refractivity (Wildman–Crippen MR) is 109 cm³/mol. The van der Waals surface area contributed by atoms with E-state index in [1.165, 1.54) is 13.0 Å². The number of amides is 1. The molecule has 29 heavy (non-hydrogen) atoms. The van der Waals surface area contributed by atoms with Gasteiger partial charge in [-0.05, 0) is 36.2 Å². The van der Waals surface area contributed by atoms with E-state index in [9.17, 15) is 9.59 Å². The molecule has 5 heteroatoms. The summed E-state index contributed by atoms with van der Waals surface area (Å²) in [6.45, 7) is 1.52. The van der Waals surface area contributed by atoms with E-state index in [2.05, 4.69) is 5.32 Å². The molecular formula is C24H20N2O3. The molecule has 0 aliphatic rings. The number of carbonyl (C=O) groups is 2. The first-order valence-corrected chi connectivity index (χ1v) is 9.20.